The van der Waals surface area contributed by atoms with Gasteiger partial charge in [-0.05, 0) is 34.1 Å². The third-order valence-corrected chi connectivity index (χ3v) is 2.97. The fraction of sp³-hybridized carbons (Fsp3) is 0.143. The molecule has 0 spiro atoms. The monoisotopic (exact) mass is 355 g/mol. The maximum absolute atomic E-state index is 13.3. The average molecular weight is 356 g/mol. The second-order valence-electron chi connectivity index (χ2n) is 4.05. The van der Waals surface area contributed by atoms with Crippen molar-refractivity contribution in [3.63, 3.8) is 0 Å². The zero-order chi connectivity index (χ0) is 15.2. The van der Waals surface area contributed by atoms with Crippen molar-refractivity contribution in [1.82, 2.24) is 5.32 Å². The van der Waals surface area contributed by atoms with Gasteiger partial charge in [-0.2, -0.15) is 0 Å². The SMILES string of the molecule is O=C(COC(=O)c1ccc(Br)o1)NCc1ccccc1F. The number of benzene rings is 1. The van der Waals surface area contributed by atoms with Gasteiger partial charge in [0.1, 0.15) is 5.82 Å². The Morgan fingerprint density at radius 3 is 2.67 bits per heavy atom. The molecule has 7 heteroatoms. The minimum atomic E-state index is -0.748. The molecule has 0 atom stereocenters. The molecule has 5 nitrogen and oxygen atoms in total. The van der Waals surface area contributed by atoms with E-state index in [1.165, 1.54) is 18.2 Å². The highest BCUT2D eigenvalue weighted by molar-refractivity contribution is 9.10. The van der Waals surface area contributed by atoms with Gasteiger partial charge >= 0.3 is 5.97 Å². The smallest absolute Gasteiger partial charge is 0.374 e. The Labute approximate surface area is 128 Å². The number of rotatable bonds is 5. The Morgan fingerprint density at radius 2 is 2.00 bits per heavy atom. The van der Waals surface area contributed by atoms with Crippen LogP contribution in [0.15, 0.2) is 45.5 Å². The van der Waals surface area contributed by atoms with Crippen molar-refractivity contribution >= 4 is 27.8 Å². The molecule has 1 aromatic heterocycles. The molecule has 0 saturated heterocycles. The first-order chi connectivity index (χ1) is 10.1. The van der Waals surface area contributed by atoms with E-state index < -0.39 is 24.3 Å². The summed E-state index contributed by atoms with van der Waals surface area (Å²) in [5.74, 6) is -1.70. The van der Waals surface area contributed by atoms with Gasteiger partial charge in [0.05, 0.1) is 0 Å². The molecule has 0 radical (unpaired) electrons. The van der Waals surface area contributed by atoms with Gasteiger partial charge in [0.15, 0.2) is 11.3 Å². The van der Waals surface area contributed by atoms with Gasteiger partial charge in [-0.3, -0.25) is 4.79 Å². The predicted octanol–water partition coefficient (Wildman–Crippen LogP) is 2.65. The molecule has 0 saturated carbocycles. The van der Waals surface area contributed by atoms with Crippen molar-refractivity contribution in [1.29, 1.82) is 0 Å². The van der Waals surface area contributed by atoms with Crippen LogP contribution in [0.2, 0.25) is 0 Å². The number of furan rings is 1. The summed E-state index contributed by atoms with van der Waals surface area (Å²) in [5, 5.41) is 2.46. The highest BCUT2D eigenvalue weighted by Gasteiger charge is 2.14. The number of nitrogens with one attached hydrogen (secondary N) is 1. The van der Waals surface area contributed by atoms with Crippen LogP contribution < -0.4 is 5.32 Å². The Bertz CT molecular complexity index is 656. The van der Waals surface area contributed by atoms with Crippen LogP contribution in [0.25, 0.3) is 0 Å². The molecule has 0 aliphatic heterocycles. The number of hydrogen-bond donors (Lipinski definition) is 1. The zero-order valence-corrected chi connectivity index (χ0v) is 12.4. The molecule has 0 fully saturated rings. The minimum Gasteiger partial charge on any atom is -0.450 e. The summed E-state index contributed by atoms with van der Waals surface area (Å²) in [6.07, 6.45) is 0. The first kappa shape index (κ1) is 15.2. The normalized spacial score (nSPS) is 10.2. The highest BCUT2D eigenvalue weighted by atomic mass is 79.9. The maximum atomic E-state index is 13.3. The molecule has 0 bridgehead atoms. The summed E-state index contributed by atoms with van der Waals surface area (Å²) >= 11 is 3.05. The number of carbonyl (C=O) groups is 2. The summed E-state index contributed by atoms with van der Waals surface area (Å²) in [6.45, 7) is -0.443. The van der Waals surface area contributed by atoms with E-state index in [0.717, 1.165) is 0 Å². The van der Waals surface area contributed by atoms with E-state index in [1.54, 1.807) is 18.2 Å². The summed E-state index contributed by atoms with van der Waals surface area (Å²) in [4.78, 5) is 23.0. The fourth-order valence-electron chi connectivity index (χ4n) is 1.51. The first-order valence-electron chi connectivity index (χ1n) is 5.99. The quantitative estimate of drug-likeness (QED) is 0.837. The number of amides is 1. The van der Waals surface area contributed by atoms with Crippen LogP contribution in [0.3, 0.4) is 0 Å². The lowest BCUT2D eigenvalue weighted by Crippen LogP contribution is -2.28. The molecule has 21 heavy (non-hydrogen) atoms. The predicted molar refractivity (Wildman–Crippen MR) is 74.9 cm³/mol. The van der Waals surface area contributed by atoms with Crippen molar-refractivity contribution in [2.24, 2.45) is 0 Å². The van der Waals surface area contributed by atoms with Crippen LogP contribution in [0.4, 0.5) is 4.39 Å². The maximum Gasteiger partial charge on any atom is 0.374 e. The topological polar surface area (TPSA) is 68.5 Å². The van der Waals surface area contributed by atoms with Gasteiger partial charge in [0.25, 0.3) is 5.91 Å². The van der Waals surface area contributed by atoms with Gasteiger partial charge in [-0.1, -0.05) is 18.2 Å². The van der Waals surface area contributed by atoms with E-state index in [9.17, 15) is 14.0 Å². The lowest BCUT2D eigenvalue weighted by Gasteiger charge is -2.06. The van der Waals surface area contributed by atoms with Crippen LogP contribution >= 0.6 is 15.9 Å². The summed E-state index contributed by atoms with van der Waals surface area (Å²) < 4.78 is 23.5. The van der Waals surface area contributed by atoms with Gasteiger partial charge in [0.2, 0.25) is 5.76 Å². The average Bonchev–Trinajstić information content (AvgIpc) is 2.90. The van der Waals surface area contributed by atoms with Gasteiger partial charge in [-0.25, -0.2) is 9.18 Å². The molecule has 2 rings (SSSR count). The number of ether oxygens (including phenoxy) is 1. The minimum absolute atomic E-state index is 0.0104. The molecule has 0 aliphatic rings. The van der Waals surface area contributed by atoms with Crippen molar-refractivity contribution in [2.45, 2.75) is 6.54 Å². The Hall–Kier alpha value is -2.15. The van der Waals surface area contributed by atoms with Crippen LogP contribution in [0.1, 0.15) is 16.1 Å². The Morgan fingerprint density at radius 1 is 1.24 bits per heavy atom. The van der Waals surface area contributed by atoms with Crippen LogP contribution in [-0.2, 0) is 16.1 Å². The van der Waals surface area contributed by atoms with E-state index in [4.69, 9.17) is 9.15 Å². The molecule has 0 aliphatic carbocycles. The molecule has 0 unspecified atom stereocenters. The number of carbonyl (C=O) groups excluding carboxylic acids is 2. The van der Waals surface area contributed by atoms with E-state index >= 15 is 0 Å². The van der Waals surface area contributed by atoms with Crippen molar-refractivity contribution in [2.75, 3.05) is 6.61 Å². The van der Waals surface area contributed by atoms with Gasteiger partial charge in [0, 0.05) is 12.1 Å². The lowest BCUT2D eigenvalue weighted by molar-refractivity contribution is -0.124. The first-order valence-corrected chi connectivity index (χ1v) is 6.78. The molecular formula is C14H11BrFNO4. The third kappa shape index (κ3) is 4.42. The molecule has 1 N–H and O–H groups in total. The van der Waals surface area contributed by atoms with Gasteiger partial charge in [-0.15, -0.1) is 0 Å². The third-order valence-electron chi connectivity index (χ3n) is 2.54. The Kier molecular flexibility index (Phi) is 5.10. The standard InChI is InChI=1S/C14H11BrFNO4/c15-12-6-5-11(21-12)14(19)20-8-13(18)17-7-9-3-1-2-4-10(9)16/h1-6H,7-8H2,(H,17,18). The molecule has 1 aromatic carbocycles. The van der Waals surface area contributed by atoms with E-state index in [1.807, 2.05) is 0 Å². The number of hydrogen-bond acceptors (Lipinski definition) is 4. The molecule has 1 heterocycles. The van der Waals surface area contributed by atoms with E-state index in [2.05, 4.69) is 21.2 Å². The second kappa shape index (κ2) is 7.03. The van der Waals surface area contributed by atoms with Crippen LogP contribution in [0, 0.1) is 5.82 Å². The summed E-state index contributed by atoms with van der Waals surface area (Å²) in [5.41, 5.74) is 0.354. The lowest BCUT2D eigenvalue weighted by atomic mass is 10.2. The largest absolute Gasteiger partial charge is 0.450 e. The zero-order valence-electron chi connectivity index (χ0n) is 10.8. The molecule has 2 aromatic rings. The molecule has 110 valence electrons. The van der Waals surface area contributed by atoms with E-state index in [-0.39, 0.29) is 12.3 Å². The van der Waals surface area contributed by atoms with Gasteiger partial charge < -0.3 is 14.5 Å². The molecule has 1 amide bonds. The highest BCUT2D eigenvalue weighted by Crippen LogP contribution is 2.14. The second-order valence-corrected chi connectivity index (χ2v) is 4.83. The Balaban J connectivity index is 1.78. The van der Waals surface area contributed by atoms with Crippen LogP contribution in [0.5, 0.6) is 0 Å². The molecular weight excluding hydrogens is 345 g/mol. The number of halogens is 2. The van der Waals surface area contributed by atoms with Crippen molar-refractivity contribution in [3.05, 3.63) is 58.2 Å². The van der Waals surface area contributed by atoms with Crippen LogP contribution in [-0.4, -0.2) is 18.5 Å². The summed E-state index contributed by atoms with van der Waals surface area (Å²) in [6, 6.07) is 9.04. The summed E-state index contributed by atoms with van der Waals surface area (Å²) in [7, 11) is 0. The van der Waals surface area contributed by atoms with Crippen molar-refractivity contribution < 1.29 is 23.1 Å². The fourth-order valence-corrected chi connectivity index (χ4v) is 1.82. The van der Waals surface area contributed by atoms with E-state index in [0.29, 0.717) is 10.2 Å². The number of esters is 1. The van der Waals surface area contributed by atoms with Crippen molar-refractivity contribution in [3.8, 4) is 0 Å².